The van der Waals surface area contributed by atoms with Crippen molar-refractivity contribution < 1.29 is 4.42 Å². The first kappa shape index (κ1) is 11.6. The van der Waals surface area contributed by atoms with Crippen molar-refractivity contribution in [1.82, 2.24) is 10.3 Å². The molecule has 0 aromatic carbocycles. The van der Waals surface area contributed by atoms with Gasteiger partial charge in [-0.15, -0.1) is 11.3 Å². The van der Waals surface area contributed by atoms with Gasteiger partial charge in [0.1, 0.15) is 0 Å². The van der Waals surface area contributed by atoms with E-state index in [1.807, 2.05) is 20.0 Å². The van der Waals surface area contributed by atoms with Gasteiger partial charge in [-0.05, 0) is 31.6 Å². The Morgan fingerprint density at radius 1 is 1.62 bits per heavy atom. The summed E-state index contributed by atoms with van der Waals surface area (Å²) in [5.41, 5.74) is 2.05. The topological polar surface area (TPSA) is 38.1 Å². The molecule has 0 saturated carbocycles. The maximum atomic E-state index is 5.96. The molecule has 2 aromatic rings. The minimum absolute atomic E-state index is 0.150. The standard InChI is InChI=1S/C11H13ClN2OS/c1-7-6-16-10(14-7)5-9(13-2)8-3-4-15-11(8)12/h3-4,6,9,13H,5H2,1-2H3. The summed E-state index contributed by atoms with van der Waals surface area (Å²) in [5, 5.41) is 6.84. The highest BCUT2D eigenvalue weighted by Gasteiger charge is 2.17. The smallest absolute Gasteiger partial charge is 0.197 e. The molecular formula is C11H13ClN2OS. The van der Waals surface area contributed by atoms with E-state index in [9.17, 15) is 0 Å². The van der Waals surface area contributed by atoms with Crippen LogP contribution in [0.4, 0.5) is 0 Å². The van der Waals surface area contributed by atoms with Gasteiger partial charge < -0.3 is 9.73 Å². The second kappa shape index (κ2) is 4.99. The van der Waals surface area contributed by atoms with Crippen LogP contribution in [0, 0.1) is 6.92 Å². The van der Waals surface area contributed by atoms with Crippen LogP contribution in [0.2, 0.25) is 5.22 Å². The van der Waals surface area contributed by atoms with Crippen LogP contribution < -0.4 is 5.32 Å². The maximum Gasteiger partial charge on any atom is 0.197 e. The lowest BCUT2D eigenvalue weighted by Gasteiger charge is -2.12. The molecule has 5 heteroatoms. The fraction of sp³-hybridized carbons (Fsp3) is 0.364. The second-order valence-electron chi connectivity index (χ2n) is 3.58. The third-order valence-corrected chi connectivity index (χ3v) is 3.71. The summed E-state index contributed by atoms with van der Waals surface area (Å²) in [7, 11) is 1.91. The molecular weight excluding hydrogens is 244 g/mol. The van der Waals surface area contributed by atoms with E-state index in [2.05, 4.69) is 15.7 Å². The van der Waals surface area contributed by atoms with E-state index in [1.165, 1.54) is 0 Å². The zero-order chi connectivity index (χ0) is 11.5. The van der Waals surface area contributed by atoms with Crippen molar-refractivity contribution in [2.75, 3.05) is 7.05 Å². The summed E-state index contributed by atoms with van der Waals surface area (Å²) in [6, 6.07) is 2.04. The molecule has 2 heterocycles. The Bertz CT molecular complexity index is 466. The number of halogens is 1. The van der Waals surface area contributed by atoms with Crippen LogP contribution in [0.5, 0.6) is 0 Å². The average Bonchev–Trinajstić information content (AvgIpc) is 2.84. The van der Waals surface area contributed by atoms with Gasteiger partial charge in [-0.2, -0.15) is 0 Å². The molecule has 1 N–H and O–H groups in total. The van der Waals surface area contributed by atoms with Gasteiger partial charge in [0.15, 0.2) is 5.22 Å². The number of thiazole rings is 1. The predicted molar refractivity (Wildman–Crippen MR) is 66.1 cm³/mol. The van der Waals surface area contributed by atoms with Crippen LogP contribution in [0.3, 0.4) is 0 Å². The Morgan fingerprint density at radius 3 is 2.94 bits per heavy atom. The van der Waals surface area contributed by atoms with E-state index in [0.717, 1.165) is 22.7 Å². The Hall–Kier alpha value is -0.840. The summed E-state index contributed by atoms with van der Waals surface area (Å²) in [6.45, 7) is 2.00. The van der Waals surface area contributed by atoms with E-state index < -0.39 is 0 Å². The molecule has 3 nitrogen and oxygen atoms in total. The molecule has 0 radical (unpaired) electrons. The fourth-order valence-electron chi connectivity index (χ4n) is 1.59. The van der Waals surface area contributed by atoms with E-state index in [-0.39, 0.29) is 6.04 Å². The molecule has 0 spiro atoms. The van der Waals surface area contributed by atoms with Crippen LogP contribution >= 0.6 is 22.9 Å². The number of aryl methyl sites for hydroxylation is 1. The summed E-state index contributed by atoms with van der Waals surface area (Å²) in [6.07, 6.45) is 2.43. The highest BCUT2D eigenvalue weighted by atomic mass is 35.5. The molecule has 2 aromatic heterocycles. The summed E-state index contributed by atoms with van der Waals surface area (Å²) < 4.78 is 5.10. The number of hydrogen-bond donors (Lipinski definition) is 1. The van der Waals surface area contributed by atoms with Crippen molar-refractivity contribution in [3.63, 3.8) is 0 Å². The van der Waals surface area contributed by atoms with Gasteiger partial charge >= 0.3 is 0 Å². The van der Waals surface area contributed by atoms with Crippen molar-refractivity contribution in [2.45, 2.75) is 19.4 Å². The molecule has 0 aliphatic heterocycles. The molecule has 0 aliphatic carbocycles. The normalized spacial score (nSPS) is 12.9. The minimum atomic E-state index is 0.150. The third-order valence-electron chi connectivity index (χ3n) is 2.42. The van der Waals surface area contributed by atoms with E-state index in [4.69, 9.17) is 16.0 Å². The quantitative estimate of drug-likeness (QED) is 0.913. The first-order chi connectivity index (χ1) is 7.70. The SMILES string of the molecule is CNC(Cc1nc(C)cs1)c1ccoc1Cl. The fourth-order valence-corrected chi connectivity index (χ4v) is 2.66. The molecule has 1 atom stereocenters. The average molecular weight is 257 g/mol. The Kier molecular flexibility index (Phi) is 3.63. The lowest BCUT2D eigenvalue weighted by atomic mass is 10.1. The minimum Gasteiger partial charge on any atom is -0.453 e. The lowest BCUT2D eigenvalue weighted by molar-refractivity contribution is 0.543. The van der Waals surface area contributed by atoms with Gasteiger partial charge in [-0.1, -0.05) is 0 Å². The highest BCUT2D eigenvalue weighted by molar-refractivity contribution is 7.09. The summed E-state index contributed by atoms with van der Waals surface area (Å²) in [5.74, 6) is 0. The van der Waals surface area contributed by atoms with Gasteiger partial charge in [0.05, 0.1) is 11.3 Å². The second-order valence-corrected chi connectivity index (χ2v) is 4.86. The Balaban J connectivity index is 2.15. The zero-order valence-corrected chi connectivity index (χ0v) is 10.7. The predicted octanol–water partition coefficient (Wildman–Crippen LogP) is 3.20. The van der Waals surface area contributed by atoms with Crippen LogP contribution in [0.25, 0.3) is 0 Å². The number of aromatic nitrogens is 1. The van der Waals surface area contributed by atoms with Gasteiger partial charge in [0.25, 0.3) is 0 Å². The van der Waals surface area contributed by atoms with Crippen molar-refractivity contribution in [2.24, 2.45) is 0 Å². The number of nitrogens with one attached hydrogen (secondary N) is 1. The first-order valence-electron chi connectivity index (χ1n) is 5.02. The Labute approximate surface area is 103 Å². The monoisotopic (exact) mass is 256 g/mol. The van der Waals surface area contributed by atoms with Crippen molar-refractivity contribution in [3.05, 3.63) is 39.2 Å². The molecule has 0 saturated heterocycles. The molecule has 16 heavy (non-hydrogen) atoms. The van der Waals surface area contributed by atoms with E-state index >= 15 is 0 Å². The maximum absolute atomic E-state index is 5.96. The Morgan fingerprint density at radius 2 is 2.44 bits per heavy atom. The lowest BCUT2D eigenvalue weighted by Crippen LogP contribution is -2.18. The number of hydrogen-bond acceptors (Lipinski definition) is 4. The number of furan rings is 1. The number of rotatable bonds is 4. The van der Waals surface area contributed by atoms with Crippen molar-refractivity contribution in [3.8, 4) is 0 Å². The van der Waals surface area contributed by atoms with Gasteiger partial charge in [0.2, 0.25) is 0 Å². The molecule has 0 bridgehead atoms. The van der Waals surface area contributed by atoms with Crippen LogP contribution in [-0.4, -0.2) is 12.0 Å². The largest absolute Gasteiger partial charge is 0.453 e. The van der Waals surface area contributed by atoms with E-state index in [0.29, 0.717) is 5.22 Å². The van der Waals surface area contributed by atoms with Crippen molar-refractivity contribution >= 4 is 22.9 Å². The van der Waals surface area contributed by atoms with Gasteiger partial charge in [-0.3, -0.25) is 0 Å². The first-order valence-corrected chi connectivity index (χ1v) is 6.27. The summed E-state index contributed by atoms with van der Waals surface area (Å²) in [4.78, 5) is 4.44. The van der Waals surface area contributed by atoms with Crippen LogP contribution in [-0.2, 0) is 6.42 Å². The molecule has 2 rings (SSSR count). The van der Waals surface area contributed by atoms with Gasteiger partial charge in [0, 0.05) is 29.1 Å². The summed E-state index contributed by atoms with van der Waals surface area (Å²) >= 11 is 7.63. The molecule has 0 amide bonds. The van der Waals surface area contributed by atoms with Crippen molar-refractivity contribution in [1.29, 1.82) is 0 Å². The molecule has 0 aliphatic rings. The molecule has 86 valence electrons. The third kappa shape index (κ3) is 2.45. The number of nitrogens with zero attached hydrogens (tertiary/aromatic N) is 1. The van der Waals surface area contributed by atoms with Crippen LogP contribution in [0.15, 0.2) is 22.1 Å². The zero-order valence-electron chi connectivity index (χ0n) is 9.16. The highest BCUT2D eigenvalue weighted by Crippen LogP contribution is 2.27. The van der Waals surface area contributed by atoms with Crippen LogP contribution in [0.1, 0.15) is 22.3 Å². The van der Waals surface area contributed by atoms with Gasteiger partial charge in [-0.25, -0.2) is 4.98 Å². The number of likely N-dealkylation sites (N-methyl/N-ethyl adjacent to an activating group) is 1. The molecule has 0 fully saturated rings. The van der Waals surface area contributed by atoms with E-state index in [1.54, 1.807) is 17.6 Å². The molecule has 1 unspecified atom stereocenters.